The number of likely N-dealkylation sites (tertiary alicyclic amines) is 1. The van der Waals surface area contributed by atoms with Crippen LogP contribution in [-0.4, -0.2) is 46.5 Å². The zero-order valence-corrected chi connectivity index (χ0v) is 12.6. The van der Waals surface area contributed by atoms with Gasteiger partial charge in [0.25, 0.3) is 5.91 Å². The second-order valence-electron chi connectivity index (χ2n) is 5.78. The average Bonchev–Trinajstić information content (AvgIpc) is 2.97. The number of aromatic nitrogens is 2. The first-order chi connectivity index (χ1) is 10.6. The number of amides is 2. The quantitative estimate of drug-likeness (QED) is 0.903. The lowest BCUT2D eigenvalue weighted by molar-refractivity contribution is -0.130. The van der Waals surface area contributed by atoms with Crippen molar-refractivity contribution in [1.82, 2.24) is 20.4 Å². The summed E-state index contributed by atoms with van der Waals surface area (Å²) in [5.41, 5.74) is 1.30. The molecule has 6 heteroatoms. The molecule has 0 unspecified atom stereocenters. The minimum Gasteiger partial charge on any atom is -0.350 e. The largest absolute Gasteiger partial charge is 0.350 e. The number of rotatable bonds is 3. The Morgan fingerprint density at radius 2 is 2.05 bits per heavy atom. The third-order valence-electron chi connectivity index (χ3n) is 4.30. The zero-order chi connectivity index (χ0) is 15.5. The summed E-state index contributed by atoms with van der Waals surface area (Å²) in [6, 6.07) is 7.59. The van der Waals surface area contributed by atoms with Crippen LogP contribution >= 0.6 is 0 Å². The van der Waals surface area contributed by atoms with E-state index in [1.807, 2.05) is 29.2 Å². The van der Waals surface area contributed by atoms with Crippen molar-refractivity contribution in [3.8, 4) is 0 Å². The van der Waals surface area contributed by atoms with Crippen LogP contribution in [0.1, 0.15) is 30.3 Å². The summed E-state index contributed by atoms with van der Waals surface area (Å²) in [7, 11) is 0. The molecule has 0 bridgehead atoms. The van der Waals surface area contributed by atoms with E-state index in [0.717, 1.165) is 36.8 Å². The highest BCUT2D eigenvalue weighted by Gasteiger charge is 2.22. The van der Waals surface area contributed by atoms with E-state index in [2.05, 4.69) is 15.5 Å². The summed E-state index contributed by atoms with van der Waals surface area (Å²) in [5, 5.41) is 10.8. The molecular weight excluding hydrogens is 280 g/mol. The summed E-state index contributed by atoms with van der Waals surface area (Å²) in [6.07, 6.45) is 1.86. The molecule has 1 saturated heterocycles. The van der Waals surface area contributed by atoms with Gasteiger partial charge in [0, 0.05) is 31.9 Å². The molecule has 1 aromatic heterocycles. The molecule has 116 valence electrons. The number of aromatic amines is 1. The second-order valence-corrected chi connectivity index (χ2v) is 5.78. The van der Waals surface area contributed by atoms with Crippen LogP contribution < -0.4 is 5.32 Å². The monoisotopic (exact) mass is 300 g/mol. The highest BCUT2D eigenvalue weighted by atomic mass is 16.2. The van der Waals surface area contributed by atoms with E-state index in [-0.39, 0.29) is 11.8 Å². The number of piperidine rings is 1. The van der Waals surface area contributed by atoms with Gasteiger partial charge < -0.3 is 10.2 Å². The fraction of sp³-hybridized carbons (Fsp3) is 0.438. The molecule has 22 heavy (non-hydrogen) atoms. The van der Waals surface area contributed by atoms with Crippen LogP contribution in [0.15, 0.2) is 24.3 Å². The first kappa shape index (κ1) is 14.6. The third kappa shape index (κ3) is 2.95. The van der Waals surface area contributed by atoms with Gasteiger partial charge in [0.05, 0.1) is 5.52 Å². The molecule has 0 atom stereocenters. The van der Waals surface area contributed by atoms with Crippen LogP contribution in [0, 0.1) is 5.92 Å². The third-order valence-corrected chi connectivity index (χ3v) is 4.30. The SMILES string of the molecule is CC(=O)N1CCC(CNC(=O)c2n[nH]c3ccccc23)CC1. The van der Waals surface area contributed by atoms with E-state index in [1.165, 1.54) is 0 Å². The minimum atomic E-state index is -0.147. The molecule has 0 aliphatic carbocycles. The number of benzene rings is 1. The number of hydrogen-bond acceptors (Lipinski definition) is 3. The highest BCUT2D eigenvalue weighted by molar-refractivity contribution is 6.04. The Labute approximate surface area is 128 Å². The van der Waals surface area contributed by atoms with Crippen molar-refractivity contribution in [3.05, 3.63) is 30.0 Å². The highest BCUT2D eigenvalue weighted by Crippen LogP contribution is 2.18. The molecule has 3 rings (SSSR count). The topological polar surface area (TPSA) is 78.1 Å². The second kappa shape index (κ2) is 6.17. The molecule has 2 N–H and O–H groups in total. The smallest absolute Gasteiger partial charge is 0.272 e. The van der Waals surface area contributed by atoms with Crippen LogP contribution in [0.2, 0.25) is 0 Å². The maximum absolute atomic E-state index is 12.3. The Balaban J connectivity index is 1.56. The van der Waals surface area contributed by atoms with Crippen molar-refractivity contribution >= 4 is 22.7 Å². The average molecular weight is 300 g/mol. The van der Waals surface area contributed by atoms with Crippen LogP contribution in [0.3, 0.4) is 0 Å². The van der Waals surface area contributed by atoms with E-state index in [1.54, 1.807) is 6.92 Å². The van der Waals surface area contributed by atoms with Crippen molar-refractivity contribution in [2.24, 2.45) is 5.92 Å². The molecule has 6 nitrogen and oxygen atoms in total. The molecule has 0 saturated carbocycles. The predicted molar refractivity (Wildman–Crippen MR) is 83.4 cm³/mol. The van der Waals surface area contributed by atoms with Crippen LogP contribution in [0.4, 0.5) is 0 Å². The molecule has 1 aliphatic rings. The van der Waals surface area contributed by atoms with Crippen LogP contribution in [-0.2, 0) is 4.79 Å². The first-order valence-corrected chi connectivity index (χ1v) is 7.62. The summed E-state index contributed by atoms with van der Waals surface area (Å²) in [6.45, 7) is 3.79. The van der Waals surface area contributed by atoms with Gasteiger partial charge in [0.15, 0.2) is 5.69 Å². The molecule has 1 fully saturated rings. The zero-order valence-electron chi connectivity index (χ0n) is 12.6. The molecule has 2 heterocycles. The van der Waals surface area contributed by atoms with Crippen molar-refractivity contribution in [1.29, 1.82) is 0 Å². The lowest BCUT2D eigenvalue weighted by Crippen LogP contribution is -2.40. The number of carbonyl (C=O) groups excluding carboxylic acids is 2. The van der Waals surface area contributed by atoms with Gasteiger partial charge in [-0.25, -0.2) is 0 Å². The van der Waals surface area contributed by atoms with Crippen molar-refractivity contribution in [2.75, 3.05) is 19.6 Å². The standard InChI is InChI=1S/C16H20N4O2/c1-11(21)20-8-6-12(7-9-20)10-17-16(22)15-13-4-2-3-5-14(13)18-19-15/h2-5,12H,6-10H2,1H3,(H,17,22)(H,18,19). The molecular formula is C16H20N4O2. The molecule has 2 amide bonds. The summed E-state index contributed by atoms with van der Waals surface area (Å²) in [4.78, 5) is 25.4. The van der Waals surface area contributed by atoms with E-state index in [9.17, 15) is 9.59 Å². The van der Waals surface area contributed by atoms with E-state index < -0.39 is 0 Å². The van der Waals surface area contributed by atoms with Gasteiger partial charge in [-0.2, -0.15) is 5.10 Å². The molecule has 2 aromatic rings. The molecule has 1 aromatic carbocycles. The van der Waals surface area contributed by atoms with Crippen LogP contribution in [0.25, 0.3) is 10.9 Å². The van der Waals surface area contributed by atoms with E-state index in [4.69, 9.17) is 0 Å². The summed E-state index contributed by atoms with van der Waals surface area (Å²) < 4.78 is 0. The molecule has 0 spiro atoms. The number of H-pyrrole nitrogens is 1. The summed E-state index contributed by atoms with van der Waals surface area (Å²) in [5.74, 6) is 0.404. The lowest BCUT2D eigenvalue weighted by atomic mass is 9.96. The maximum atomic E-state index is 12.3. The number of nitrogens with one attached hydrogen (secondary N) is 2. The Kier molecular flexibility index (Phi) is 4.09. The van der Waals surface area contributed by atoms with Crippen molar-refractivity contribution in [2.45, 2.75) is 19.8 Å². The maximum Gasteiger partial charge on any atom is 0.272 e. The van der Waals surface area contributed by atoms with E-state index in [0.29, 0.717) is 18.2 Å². The van der Waals surface area contributed by atoms with E-state index >= 15 is 0 Å². The predicted octanol–water partition coefficient (Wildman–Crippen LogP) is 1.55. The molecule has 1 aliphatic heterocycles. The van der Waals surface area contributed by atoms with Gasteiger partial charge in [-0.3, -0.25) is 14.7 Å². The van der Waals surface area contributed by atoms with Crippen molar-refractivity contribution < 1.29 is 9.59 Å². The van der Waals surface area contributed by atoms with Gasteiger partial charge in [0.1, 0.15) is 0 Å². The lowest BCUT2D eigenvalue weighted by Gasteiger charge is -2.31. The number of hydrogen-bond donors (Lipinski definition) is 2. The first-order valence-electron chi connectivity index (χ1n) is 7.62. The Morgan fingerprint density at radius 1 is 1.32 bits per heavy atom. The summed E-state index contributed by atoms with van der Waals surface area (Å²) >= 11 is 0. The number of nitrogens with zero attached hydrogens (tertiary/aromatic N) is 2. The van der Waals surface area contributed by atoms with Gasteiger partial charge >= 0.3 is 0 Å². The van der Waals surface area contributed by atoms with Crippen molar-refractivity contribution in [3.63, 3.8) is 0 Å². The minimum absolute atomic E-state index is 0.130. The van der Waals surface area contributed by atoms with Crippen LogP contribution in [0.5, 0.6) is 0 Å². The number of carbonyl (C=O) groups is 2. The Hall–Kier alpha value is -2.37. The molecule has 0 radical (unpaired) electrons. The number of para-hydroxylation sites is 1. The fourth-order valence-electron chi connectivity index (χ4n) is 2.91. The fourth-order valence-corrected chi connectivity index (χ4v) is 2.91. The van der Waals surface area contributed by atoms with Gasteiger partial charge in [-0.05, 0) is 24.8 Å². The Morgan fingerprint density at radius 3 is 2.77 bits per heavy atom. The Bertz CT molecular complexity index is 686. The normalized spacial score (nSPS) is 16.0. The van der Waals surface area contributed by atoms with Gasteiger partial charge in [-0.15, -0.1) is 0 Å². The van der Waals surface area contributed by atoms with Gasteiger partial charge in [0.2, 0.25) is 5.91 Å². The number of fused-ring (bicyclic) bond motifs is 1. The van der Waals surface area contributed by atoms with Gasteiger partial charge in [-0.1, -0.05) is 18.2 Å².